The fourth-order valence-corrected chi connectivity index (χ4v) is 11.1. The Balaban J connectivity index is 1.18. The van der Waals surface area contributed by atoms with Gasteiger partial charge >= 0.3 is 6.03 Å². The van der Waals surface area contributed by atoms with Crippen LogP contribution < -0.4 is 19.7 Å². The summed E-state index contributed by atoms with van der Waals surface area (Å²) >= 11 is 6.45. The average molecular weight is 709 g/mol. The van der Waals surface area contributed by atoms with Crippen molar-refractivity contribution in [3.8, 4) is 5.75 Å². The highest BCUT2D eigenvalue weighted by molar-refractivity contribution is 7.92. The van der Waals surface area contributed by atoms with Gasteiger partial charge in [-0.05, 0) is 97.7 Å². The van der Waals surface area contributed by atoms with Gasteiger partial charge in [0.1, 0.15) is 21.8 Å². The third kappa shape index (κ3) is 6.15. The van der Waals surface area contributed by atoms with E-state index >= 15 is 0 Å². The number of aryl methyl sites for hydroxylation is 1. The molecule has 0 aromatic heterocycles. The van der Waals surface area contributed by atoms with Gasteiger partial charge in [-0.25, -0.2) is 9.00 Å². The summed E-state index contributed by atoms with van der Waals surface area (Å²) in [6.45, 7) is 4.46. The van der Waals surface area contributed by atoms with E-state index in [9.17, 15) is 13.8 Å². The average Bonchev–Trinajstić information content (AvgIpc) is 3.40. The first-order chi connectivity index (χ1) is 23.7. The molecule has 49 heavy (non-hydrogen) atoms. The summed E-state index contributed by atoms with van der Waals surface area (Å²) in [6, 6.07) is 10.9. The van der Waals surface area contributed by atoms with Gasteiger partial charge in [-0.3, -0.25) is 9.52 Å². The van der Waals surface area contributed by atoms with Gasteiger partial charge in [-0.1, -0.05) is 36.7 Å². The minimum atomic E-state index is -3.48. The van der Waals surface area contributed by atoms with Crippen molar-refractivity contribution in [2.45, 2.75) is 69.1 Å². The number of urea groups is 1. The number of halogens is 1. The number of benzene rings is 2. The molecule has 3 aliphatic heterocycles. The number of hydrogen-bond donors (Lipinski definition) is 2. The fourth-order valence-electron chi connectivity index (χ4n) is 9.08. The van der Waals surface area contributed by atoms with Crippen molar-refractivity contribution >= 4 is 39.1 Å². The number of methoxy groups -OCH3 is 1. The van der Waals surface area contributed by atoms with Crippen molar-refractivity contribution < 1.29 is 28.0 Å². The zero-order chi connectivity index (χ0) is 33.9. The first-order valence-corrected chi connectivity index (χ1v) is 19.7. The number of fused-ring (bicyclic) bond motifs is 4. The lowest BCUT2D eigenvalue weighted by Crippen LogP contribution is -2.46. The molecule has 3 amide bonds. The number of allylic oxidation sites excluding steroid dienone is 1. The van der Waals surface area contributed by atoms with Crippen molar-refractivity contribution in [1.82, 2.24) is 10.0 Å². The SMILES string of the molecule is CO[C@H]1/C=C/C[C@H](C)C[S@@](=O)(NC(=O)N[C@H]2CCOC2)=NC(=O)c2ccc3c(c2)N(C[C@@H]2CC[C@H]21)C[C@@]12c4ccc(Cl)cc4CCC1C2O3. The molecule has 3 heterocycles. The van der Waals surface area contributed by atoms with Crippen LogP contribution in [0.25, 0.3) is 0 Å². The van der Waals surface area contributed by atoms with Gasteiger partial charge in [-0.2, -0.15) is 0 Å². The van der Waals surface area contributed by atoms with Crippen molar-refractivity contribution in [1.29, 1.82) is 0 Å². The zero-order valence-corrected chi connectivity index (χ0v) is 29.6. The number of nitrogens with zero attached hydrogens (tertiary/aromatic N) is 2. The summed E-state index contributed by atoms with van der Waals surface area (Å²) in [5.41, 5.74) is 3.59. The van der Waals surface area contributed by atoms with E-state index in [1.165, 1.54) is 11.1 Å². The molecule has 262 valence electrons. The molecule has 2 bridgehead atoms. The highest BCUT2D eigenvalue weighted by atomic mass is 35.5. The van der Waals surface area contributed by atoms with Crippen LogP contribution in [0.5, 0.6) is 5.75 Å². The summed E-state index contributed by atoms with van der Waals surface area (Å²) in [7, 11) is -1.71. The lowest BCUT2D eigenvalue weighted by Gasteiger charge is -2.44. The number of ether oxygens (including phenoxy) is 3. The topological polar surface area (TPSA) is 119 Å². The Morgan fingerprint density at radius 3 is 2.82 bits per heavy atom. The summed E-state index contributed by atoms with van der Waals surface area (Å²) < 4.78 is 39.5. The summed E-state index contributed by atoms with van der Waals surface area (Å²) in [5.74, 6) is 1.18. The monoisotopic (exact) mass is 708 g/mol. The second kappa shape index (κ2) is 12.9. The summed E-state index contributed by atoms with van der Waals surface area (Å²) in [5, 5.41) is 3.58. The Hall–Kier alpha value is -3.12. The van der Waals surface area contributed by atoms with Crippen molar-refractivity contribution in [2.24, 2.45) is 28.0 Å². The van der Waals surface area contributed by atoms with Crippen LogP contribution in [-0.4, -0.2) is 73.6 Å². The molecule has 2 saturated carbocycles. The van der Waals surface area contributed by atoms with Crippen LogP contribution in [0.4, 0.5) is 10.5 Å². The molecule has 3 fully saturated rings. The van der Waals surface area contributed by atoms with Crippen molar-refractivity contribution in [3.05, 3.63) is 70.3 Å². The normalized spacial score (nSPS) is 37.0. The van der Waals surface area contributed by atoms with Gasteiger partial charge in [0.2, 0.25) is 0 Å². The standard InChI is InChI=1S/C37H45ClN4O6S/c1-22-4-3-5-32(46-2)28-10-6-25(28)18-42-21-37-29-12-9-26(38)16-23(29)7-11-30(37)34(37)48-33-13-8-24(17-31(33)42)35(43)40-49(45,20-22)41-36(44)39-27-14-15-47-19-27/h3,5,8-9,12-13,16-17,22,25,27-28,30,32,34H,4,6-7,10-11,14-15,18-21H2,1-2H3,(H2,39,40,41,43,44,45)/b5-3+/t22-,25-,27-,28+,30?,32-,34?,37+,49-/m0/s1. The molecule has 0 radical (unpaired) electrons. The largest absolute Gasteiger partial charge is 0.487 e. The molecule has 1 spiro atoms. The van der Waals surface area contributed by atoms with Crippen LogP contribution in [0.3, 0.4) is 0 Å². The molecule has 1 saturated heterocycles. The maximum Gasteiger partial charge on any atom is 0.327 e. The van der Waals surface area contributed by atoms with Crippen LogP contribution in [0.15, 0.2) is 52.9 Å². The predicted molar refractivity (Wildman–Crippen MR) is 189 cm³/mol. The maximum atomic E-state index is 14.4. The highest BCUT2D eigenvalue weighted by Crippen LogP contribution is 2.64. The smallest absolute Gasteiger partial charge is 0.327 e. The molecule has 2 aromatic rings. The van der Waals surface area contributed by atoms with Crippen LogP contribution in [0, 0.1) is 23.7 Å². The minimum absolute atomic E-state index is 0.0244. The van der Waals surface area contributed by atoms with E-state index < -0.39 is 21.9 Å². The van der Waals surface area contributed by atoms with Gasteiger partial charge < -0.3 is 24.4 Å². The second-order valence-corrected chi connectivity index (χ2v) is 17.3. The third-order valence-corrected chi connectivity index (χ3v) is 13.9. The number of hydrogen-bond acceptors (Lipinski definition) is 7. The van der Waals surface area contributed by atoms with Crippen LogP contribution in [-0.2, 0) is 31.2 Å². The number of nitrogens with one attached hydrogen (secondary N) is 2. The van der Waals surface area contributed by atoms with Gasteiger partial charge in [-0.15, -0.1) is 4.36 Å². The Kier molecular flexibility index (Phi) is 8.69. The van der Waals surface area contributed by atoms with E-state index in [0.717, 1.165) is 55.2 Å². The lowest BCUT2D eigenvalue weighted by molar-refractivity contribution is 0.0133. The van der Waals surface area contributed by atoms with Crippen LogP contribution in [0.1, 0.15) is 60.5 Å². The molecule has 12 heteroatoms. The summed E-state index contributed by atoms with van der Waals surface area (Å²) in [4.78, 5) is 29.3. The Bertz CT molecular complexity index is 1800. The van der Waals surface area contributed by atoms with E-state index in [2.05, 4.69) is 43.6 Å². The van der Waals surface area contributed by atoms with E-state index in [1.807, 2.05) is 25.1 Å². The van der Waals surface area contributed by atoms with E-state index in [1.54, 1.807) is 13.2 Å². The van der Waals surface area contributed by atoms with E-state index in [0.29, 0.717) is 49.4 Å². The van der Waals surface area contributed by atoms with Crippen LogP contribution in [0.2, 0.25) is 5.02 Å². The molecule has 6 aliphatic rings. The zero-order valence-electron chi connectivity index (χ0n) is 28.1. The molecule has 10 nitrogen and oxygen atoms in total. The third-order valence-electron chi connectivity index (χ3n) is 11.7. The molecule has 8 rings (SSSR count). The first kappa shape index (κ1) is 33.0. The molecule has 2 N–H and O–H groups in total. The summed E-state index contributed by atoms with van der Waals surface area (Å²) in [6.07, 6.45) is 9.68. The minimum Gasteiger partial charge on any atom is -0.487 e. The van der Waals surface area contributed by atoms with Gasteiger partial charge in [0.15, 0.2) is 0 Å². The maximum absolute atomic E-state index is 14.4. The van der Waals surface area contributed by atoms with Crippen LogP contribution >= 0.6 is 11.6 Å². The number of anilines is 1. The van der Waals surface area contributed by atoms with E-state index in [4.69, 9.17) is 25.8 Å². The molecule has 2 unspecified atom stereocenters. The Labute approximate surface area is 293 Å². The molecule has 3 aliphatic carbocycles. The Morgan fingerprint density at radius 1 is 1.16 bits per heavy atom. The number of rotatable bonds is 3. The second-order valence-electron chi connectivity index (χ2n) is 14.9. The van der Waals surface area contributed by atoms with Crippen molar-refractivity contribution in [2.75, 3.05) is 44.1 Å². The van der Waals surface area contributed by atoms with Gasteiger partial charge in [0.05, 0.1) is 35.6 Å². The fraction of sp³-hybridized carbons (Fsp3) is 0.568. The number of carbonyl (C=O) groups excluding carboxylic acids is 2. The molecule has 9 atom stereocenters. The number of amides is 3. The van der Waals surface area contributed by atoms with Gasteiger partial charge in [0, 0.05) is 43.3 Å². The molecular weight excluding hydrogens is 664 g/mol. The first-order valence-electron chi connectivity index (χ1n) is 17.6. The molecule has 2 aromatic carbocycles. The lowest BCUT2D eigenvalue weighted by atomic mass is 9.70. The predicted octanol–water partition coefficient (Wildman–Crippen LogP) is 5.67. The van der Waals surface area contributed by atoms with Gasteiger partial charge in [0.25, 0.3) is 5.91 Å². The van der Waals surface area contributed by atoms with E-state index in [-0.39, 0.29) is 35.3 Å². The molecular formula is C37H45ClN4O6S. The Morgan fingerprint density at radius 2 is 2.04 bits per heavy atom. The quantitative estimate of drug-likeness (QED) is 0.395. The van der Waals surface area contributed by atoms with Crippen molar-refractivity contribution in [3.63, 3.8) is 0 Å². The highest BCUT2D eigenvalue weighted by Gasteiger charge is 2.70. The number of carbonyl (C=O) groups is 2.